The molecule has 1 heterocycles. The highest BCUT2D eigenvalue weighted by Crippen LogP contribution is 2.09. The van der Waals surface area contributed by atoms with Crippen LogP contribution in [0.3, 0.4) is 0 Å². The van der Waals surface area contributed by atoms with E-state index in [0.717, 1.165) is 5.56 Å². The van der Waals surface area contributed by atoms with Crippen molar-refractivity contribution in [2.45, 2.75) is 26.9 Å². The van der Waals surface area contributed by atoms with Crippen molar-refractivity contribution >= 4 is 11.9 Å². The molecule has 0 saturated heterocycles. The molecule has 0 atom stereocenters. The first-order chi connectivity index (χ1) is 12.6. The van der Waals surface area contributed by atoms with Crippen LogP contribution in [0.2, 0.25) is 0 Å². The predicted molar refractivity (Wildman–Crippen MR) is 103 cm³/mol. The molecular weight excluding hydrogens is 324 g/mol. The Labute approximate surface area is 153 Å². The summed E-state index contributed by atoms with van der Waals surface area (Å²) in [4.78, 5) is 20.7. The third kappa shape index (κ3) is 4.66. The number of carbonyl (C=O) groups is 1. The van der Waals surface area contributed by atoms with E-state index >= 15 is 0 Å². The summed E-state index contributed by atoms with van der Waals surface area (Å²) in [5, 5.41) is 6.07. The Kier molecular flexibility index (Phi) is 5.59. The zero-order valence-corrected chi connectivity index (χ0v) is 15.0. The lowest BCUT2D eigenvalue weighted by atomic mass is 10.1. The van der Waals surface area contributed by atoms with E-state index in [9.17, 15) is 4.79 Å². The number of hydrogen-bond donors (Lipinski definition) is 2. The molecule has 5 heteroatoms. The zero-order chi connectivity index (χ0) is 18.4. The summed E-state index contributed by atoms with van der Waals surface area (Å²) in [5.41, 5.74) is 5.09. The minimum absolute atomic E-state index is 0.183. The van der Waals surface area contributed by atoms with Crippen LogP contribution in [0.25, 0.3) is 0 Å². The number of nitrogens with one attached hydrogen (secondary N) is 2. The molecule has 2 aromatic carbocycles. The van der Waals surface area contributed by atoms with E-state index in [4.69, 9.17) is 0 Å². The number of aromatic nitrogens is 2. The van der Waals surface area contributed by atoms with Crippen molar-refractivity contribution in [3.05, 3.63) is 88.7 Å². The first-order valence-corrected chi connectivity index (χ1v) is 8.56. The van der Waals surface area contributed by atoms with Crippen LogP contribution < -0.4 is 10.6 Å². The van der Waals surface area contributed by atoms with E-state index in [1.165, 1.54) is 16.7 Å². The lowest BCUT2D eigenvalue weighted by Gasteiger charge is -2.08. The van der Waals surface area contributed by atoms with Crippen LogP contribution >= 0.6 is 0 Å². The molecule has 0 radical (unpaired) electrons. The first kappa shape index (κ1) is 17.6. The number of rotatable bonds is 6. The molecule has 0 unspecified atom stereocenters. The van der Waals surface area contributed by atoms with Gasteiger partial charge in [0.1, 0.15) is 0 Å². The van der Waals surface area contributed by atoms with Gasteiger partial charge in [0.2, 0.25) is 5.95 Å². The van der Waals surface area contributed by atoms with Gasteiger partial charge in [0.15, 0.2) is 0 Å². The van der Waals surface area contributed by atoms with Gasteiger partial charge in [-0.3, -0.25) is 4.79 Å². The molecule has 0 saturated carbocycles. The molecule has 3 rings (SSSR count). The number of anilines is 1. The lowest BCUT2D eigenvalue weighted by molar-refractivity contribution is 0.0950. The highest BCUT2D eigenvalue weighted by atomic mass is 16.1. The van der Waals surface area contributed by atoms with Gasteiger partial charge in [-0.25, -0.2) is 9.97 Å². The van der Waals surface area contributed by atoms with Gasteiger partial charge in [-0.15, -0.1) is 0 Å². The van der Waals surface area contributed by atoms with Crippen LogP contribution in [0.1, 0.15) is 32.6 Å². The number of benzene rings is 2. The van der Waals surface area contributed by atoms with Crippen LogP contribution in [0.4, 0.5) is 5.95 Å². The first-order valence-electron chi connectivity index (χ1n) is 8.56. The molecule has 3 aromatic rings. The molecule has 0 aliphatic rings. The Morgan fingerprint density at radius 3 is 2.46 bits per heavy atom. The molecule has 5 nitrogen and oxygen atoms in total. The fourth-order valence-corrected chi connectivity index (χ4v) is 2.63. The summed E-state index contributed by atoms with van der Waals surface area (Å²) < 4.78 is 0. The Morgan fingerprint density at radius 2 is 1.73 bits per heavy atom. The van der Waals surface area contributed by atoms with Crippen LogP contribution in [0.5, 0.6) is 0 Å². The molecule has 1 aromatic heterocycles. The molecule has 26 heavy (non-hydrogen) atoms. The van der Waals surface area contributed by atoms with Crippen LogP contribution in [-0.4, -0.2) is 15.9 Å². The quantitative estimate of drug-likeness (QED) is 0.715. The van der Waals surface area contributed by atoms with Gasteiger partial charge in [-0.2, -0.15) is 0 Å². The molecule has 1 amide bonds. The lowest BCUT2D eigenvalue weighted by Crippen LogP contribution is -2.23. The van der Waals surface area contributed by atoms with Crippen molar-refractivity contribution in [1.29, 1.82) is 0 Å². The van der Waals surface area contributed by atoms with Crippen molar-refractivity contribution in [3.8, 4) is 0 Å². The van der Waals surface area contributed by atoms with Crippen molar-refractivity contribution < 1.29 is 4.79 Å². The van der Waals surface area contributed by atoms with Crippen molar-refractivity contribution in [2.75, 3.05) is 5.32 Å². The minimum Gasteiger partial charge on any atom is -0.350 e. The van der Waals surface area contributed by atoms with Crippen molar-refractivity contribution in [1.82, 2.24) is 15.3 Å². The number of amides is 1. The Balaban J connectivity index is 1.55. The Bertz CT molecular complexity index is 891. The van der Waals surface area contributed by atoms with Gasteiger partial charge < -0.3 is 10.6 Å². The highest BCUT2D eigenvalue weighted by Gasteiger charge is 2.07. The summed E-state index contributed by atoms with van der Waals surface area (Å²) in [6.45, 7) is 5.22. The van der Waals surface area contributed by atoms with Crippen LogP contribution in [0.15, 0.2) is 60.9 Å². The Hall–Kier alpha value is -3.21. The molecule has 0 aliphatic heterocycles. The molecule has 132 valence electrons. The van der Waals surface area contributed by atoms with Gasteiger partial charge >= 0.3 is 0 Å². The number of hydrogen-bond acceptors (Lipinski definition) is 4. The third-order valence-corrected chi connectivity index (χ3v) is 4.15. The third-order valence-electron chi connectivity index (χ3n) is 4.15. The van der Waals surface area contributed by atoms with Gasteiger partial charge in [-0.05, 0) is 30.5 Å². The second-order valence-corrected chi connectivity index (χ2v) is 6.25. The molecule has 0 fully saturated rings. The second kappa shape index (κ2) is 8.25. The van der Waals surface area contributed by atoms with Gasteiger partial charge in [-0.1, -0.05) is 54.1 Å². The largest absolute Gasteiger partial charge is 0.350 e. The summed E-state index contributed by atoms with van der Waals surface area (Å²) in [6, 6.07) is 16.2. The van der Waals surface area contributed by atoms with E-state index in [1.54, 1.807) is 12.4 Å². The minimum atomic E-state index is -0.183. The maximum absolute atomic E-state index is 12.2. The summed E-state index contributed by atoms with van der Waals surface area (Å²) in [5.74, 6) is 0.320. The Morgan fingerprint density at radius 1 is 0.962 bits per heavy atom. The summed E-state index contributed by atoms with van der Waals surface area (Å²) in [7, 11) is 0. The standard InChI is InChI=1S/C21H22N4O/c1-15-6-5-8-17(10-15)11-22-20(26)19-13-24-21(25-14-19)23-12-18-9-4-3-7-16(18)2/h3-10,13-14H,11-12H2,1-2H3,(H,22,26)(H,23,24,25). The average Bonchev–Trinajstić information content (AvgIpc) is 2.66. The van der Waals surface area contributed by atoms with Crippen LogP contribution in [-0.2, 0) is 13.1 Å². The summed E-state index contributed by atoms with van der Waals surface area (Å²) >= 11 is 0. The van der Waals surface area contributed by atoms with E-state index in [2.05, 4.69) is 45.7 Å². The van der Waals surface area contributed by atoms with Crippen LogP contribution in [0, 0.1) is 13.8 Å². The zero-order valence-electron chi connectivity index (χ0n) is 15.0. The SMILES string of the molecule is Cc1cccc(CNC(=O)c2cnc(NCc3ccccc3C)nc2)c1. The highest BCUT2D eigenvalue weighted by molar-refractivity contribution is 5.93. The maximum atomic E-state index is 12.2. The van der Waals surface area contributed by atoms with Gasteiger partial charge in [0.25, 0.3) is 5.91 Å². The fourth-order valence-electron chi connectivity index (χ4n) is 2.63. The monoisotopic (exact) mass is 346 g/mol. The number of nitrogens with zero attached hydrogens (tertiary/aromatic N) is 2. The van der Waals surface area contributed by atoms with Gasteiger partial charge in [0, 0.05) is 25.5 Å². The smallest absolute Gasteiger partial charge is 0.254 e. The topological polar surface area (TPSA) is 66.9 Å². The molecular formula is C21H22N4O. The average molecular weight is 346 g/mol. The molecule has 0 bridgehead atoms. The number of carbonyl (C=O) groups excluding carboxylic acids is 1. The van der Waals surface area contributed by atoms with Gasteiger partial charge in [0.05, 0.1) is 5.56 Å². The van der Waals surface area contributed by atoms with Crippen molar-refractivity contribution in [2.24, 2.45) is 0 Å². The molecule has 0 spiro atoms. The van der Waals surface area contributed by atoms with E-state index < -0.39 is 0 Å². The molecule has 2 N–H and O–H groups in total. The summed E-state index contributed by atoms with van der Waals surface area (Å²) in [6.07, 6.45) is 3.08. The van der Waals surface area contributed by atoms with E-state index in [0.29, 0.717) is 24.6 Å². The predicted octanol–water partition coefficient (Wildman–Crippen LogP) is 3.64. The molecule has 0 aliphatic carbocycles. The van der Waals surface area contributed by atoms with E-state index in [1.807, 2.05) is 37.3 Å². The fraction of sp³-hybridized carbons (Fsp3) is 0.190. The maximum Gasteiger partial charge on any atom is 0.254 e. The normalized spacial score (nSPS) is 10.4. The second-order valence-electron chi connectivity index (χ2n) is 6.25. The van der Waals surface area contributed by atoms with Crippen molar-refractivity contribution in [3.63, 3.8) is 0 Å². The number of aryl methyl sites for hydroxylation is 2. The van der Waals surface area contributed by atoms with E-state index in [-0.39, 0.29) is 5.91 Å².